The van der Waals surface area contributed by atoms with Gasteiger partial charge < -0.3 is 10.1 Å². The van der Waals surface area contributed by atoms with E-state index >= 15 is 0 Å². The molecule has 158 valence electrons. The van der Waals surface area contributed by atoms with E-state index < -0.39 is 18.5 Å². The Labute approximate surface area is 187 Å². The summed E-state index contributed by atoms with van der Waals surface area (Å²) in [5, 5.41) is 2.63. The van der Waals surface area contributed by atoms with Gasteiger partial charge in [0.15, 0.2) is 6.61 Å². The summed E-state index contributed by atoms with van der Waals surface area (Å²) >= 11 is 3.31. The number of hydrogen-bond donors (Lipinski definition) is 1. The molecule has 2 atom stereocenters. The Kier molecular flexibility index (Phi) is 5.99. The van der Waals surface area contributed by atoms with Crippen LogP contribution >= 0.6 is 15.9 Å². The van der Waals surface area contributed by atoms with Gasteiger partial charge >= 0.3 is 5.97 Å². The van der Waals surface area contributed by atoms with Crippen molar-refractivity contribution in [1.29, 1.82) is 0 Å². The Bertz CT molecular complexity index is 1050. The minimum absolute atomic E-state index is 0.155. The summed E-state index contributed by atoms with van der Waals surface area (Å²) in [6, 6.07) is 13.1. The number of allylic oxidation sites excluding steroid dienone is 2. The Balaban J connectivity index is 1.40. The third-order valence-electron chi connectivity index (χ3n) is 5.31. The molecule has 0 radical (unpaired) electrons. The molecule has 0 saturated carbocycles. The van der Waals surface area contributed by atoms with Crippen molar-refractivity contribution < 1.29 is 23.9 Å². The highest BCUT2D eigenvalue weighted by atomic mass is 79.9. The lowest BCUT2D eigenvalue weighted by Crippen LogP contribution is -2.31. The Morgan fingerprint density at radius 3 is 2.29 bits per heavy atom. The fourth-order valence-corrected chi connectivity index (χ4v) is 4.04. The molecule has 1 aliphatic carbocycles. The molecule has 31 heavy (non-hydrogen) atoms. The molecule has 4 rings (SSSR count). The van der Waals surface area contributed by atoms with E-state index in [9.17, 15) is 19.2 Å². The molecule has 0 aromatic heterocycles. The number of anilines is 2. The topological polar surface area (TPSA) is 92.8 Å². The molecule has 1 aliphatic heterocycles. The maximum Gasteiger partial charge on any atom is 0.338 e. The van der Waals surface area contributed by atoms with Crippen molar-refractivity contribution in [3.8, 4) is 0 Å². The van der Waals surface area contributed by atoms with Gasteiger partial charge in [0.25, 0.3) is 5.91 Å². The normalized spacial score (nSPS) is 19.8. The minimum Gasteiger partial charge on any atom is -0.452 e. The lowest BCUT2D eigenvalue weighted by Gasteiger charge is -2.15. The predicted octanol–water partition coefficient (Wildman–Crippen LogP) is 3.70. The molecular formula is C23H19BrN2O5. The second-order valence-electron chi connectivity index (χ2n) is 7.35. The van der Waals surface area contributed by atoms with Crippen LogP contribution in [0.1, 0.15) is 23.2 Å². The predicted molar refractivity (Wildman–Crippen MR) is 117 cm³/mol. The number of amides is 3. The van der Waals surface area contributed by atoms with E-state index in [4.69, 9.17) is 4.74 Å². The SMILES string of the molecule is O=C(COC(=O)c1cccc(N2C(=O)[C@H]3CC=CC[C@H]3C2=O)c1)Nc1ccc(Br)cc1. The minimum atomic E-state index is -0.717. The number of nitrogens with zero attached hydrogens (tertiary/aromatic N) is 1. The summed E-state index contributed by atoms with van der Waals surface area (Å²) in [7, 11) is 0. The highest BCUT2D eigenvalue weighted by Crippen LogP contribution is 2.37. The van der Waals surface area contributed by atoms with Crippen LogP contribution < -0.4 is 10.2 Å². The Morgan fingerprint density at radius 2 is 1.65 bits per heavy atom. The standard InChI is InChI=1S/C23H19BrN2O5/c24-15-8-10-16(11-9-15)25-20(27)13-31-23(30)14-4-3-5-17(12-14)26-21(28)18-6-1-2-7-19(18)22(26)29/h1-5,8-12,18-19H,6-7,13H2,(H,25,27)/t18-,19+. The highest BCUT2D eigenvalue weighted by molar-refractivity contribution is 9.10. The summed E-state index contributed by atoms with van der Waals surface area (Å²) < 4.78 is 5.97. The number of fused-ring (bicyclic) bond motifs is 1. The third kappa shape index (κ3) is 4.44. The van der Waals surface area contributed by atoms with Gasteiger partial charge in [-0.05, 0) is 55.3 Å². The van der Waals surface area contributed by atoms with Crippen molar-refractivity contribution in [3.63, 3.8) is 0 Å². The van der Waals surface area contributed by atoms with Gasteiger partial charge in [0.2, 0.25) is 11.8 Å². The van der Waals surface area contributed by atoms with E-state index in [1.807, 2.05) is 12.2 Å². The number of esters is 1. The molecule has 7 nitrogen and oxygen atoms in total. The van der Waals surface area contributed by atoms with Crippen LogP contribution in [0.2, 0.25) is 0 Å². The first-order valence-corrected chi connectivity index (χ1v) is 10.6. The lowest BCUT2D eigenvalue weighted by atomic mass is 9.85. The van der Waals surface area contributed by atoms with Gasteiger partial charge in [-0.1, -0.05) is 34.1 Å². The van der Waals surface area contributed by atoms with Gasteiger partial charge in [0.1, 0.15) is 0 Å². The second kappa shape index (κ2) is 8.85. The number of benzene rings is 2. The molecule has 1 N–H and O–H groups in total. The fourth-order valence-electron chi connectivity index (χ4n) is 3.77. The molecule has 0 spiro atoms. The second-order valence-corrected chi connectivity index (χ2v) is 8.26. The van der Waals surface area contributed by atoms with Crippen LogP contribution in [0.4, 0.5) is 11.4 Å². The van der Waals surface area contributed by atoms with E-state index in [2.05, 4.69) is 21.2 Å². The molecule has 1 heterocycles. The smallest absolute Gasteiger partial charge is 0.338 e. The van der Waals surface area contributed by atoms with Crippen LogP contribution in [-0.2, 0) is 19.1 Å². The number of ether oxygens (including phenoxy) is 1. The first-order chi connectivity index (χ1) is 14.9. The van der Waals surface area contributed by atoms with E-state index in [1.165, 1.54) is 12.1 Å². The summed E-state index contributed by atoms with van der Waals surface area (Å²) in [5.74, 6) is -2.40. The summed E-state index contributed by atoms with van der Waals surface area (Å²) in [4.78, 5) is 51.1. The van der Waals surface area contributed by atoms with Crippen molar-refractivity contribution in [3.05, 3.63) is 70.7 Å². The van der Waals surface area contributed by atoms with Crippen molar-refractivity contribution in [2.24, 2.45) is 11.8 Å². The Hall–Kier alpha value is -3.26. The quantitative estimate of drug-likeness (QED) is 0.398. The molecule has 1 saturated heterocycles. The maximum atomic E-state index is 12.7. The first kappa shape index (κ1) is 21.0. The largest absolute Gasteiger partial charge is 0.452 e. The number of hydrogen-bond acceptors (Lipinski definition) is 5. The highest BCUT2D eigenvalue weighted by Gasteiger charge is 2.47. The van der Waals surface area contributed by atoms with Gasteiger partial charge in [-0.3, -0.25) is 19.3 Å². The van der Waals surface area contributed by atoms with Crippen LogP contribution in [0.3, 0.4) is 0 Å². The van der Waals surface area contributed by atoms with E-state index in [0.717, 1.165) is 9.37 Å². The number of nitrogens with one attached hydrogen (secondary N) is 1. The molecule has 2 aromatic carbocycles. The number of imide groups is 1. The van der Waals surface area contributed by atoms with Crippen LogP contribution in [0.15, 0.2) is 65.2 Å². The van der Waals surface area contributed by atoms with Gasteiger partial charge in [-0.15, -0.1) is 0 Å². The fraction of sp³-hybridized carbons (Fsp3) is 0.217. The van der Waals surface area contributed by atoms with Crippen LogP contribution in [0.25, 0.3) is 0 Å². The molecule has 8 heteroatoms. The molecular weight excluding hydrogens is 464 g/mol. The van der Waals surface area contributed by atoms with Crippen molar-refractivity contribution in [2.45, 2.75) is 12.8 Å². The van der Waals surface area contributed by atoms with Crippen LogP contribution in [-0.4, -0.2) is 30.3 Å². The van der Waals surface area contributed by atoms with Crippen LogP contribution in [0.5, 0.6) is 0 Å². The molecule has 2 aromatic rings. The number of halogens is 1. The van der Waals surface area contributed by atoms with Gasteiger partial charge in [-0.25, -0.2) is 4.79 Å². The van der Waals surface area contributed by atoms with Crippen molar-refractivity contribution in [2.75, 3.05) is 16.8 Å². The van der Waals surface area contributed by atoms with E-state index in [0.29, 0.717) is 24.2 Å². The lowest BCUT2D eigenvalue weighted by molar-refractivity contribution is -0.122. The summed E-state index contributed by atoms with van der Waals surface area (Å²) in [6.45, 7) is -0.462. The molecule has 0 unspecified atom stereocenters. The third-order valence-corrected chi connectivity index (χ3v) is 5.84. The molecule has 3 amide bonds. The monoisotopic (exact) mass is 482 g/mol. The van der Waals surface area contributed by atoms with Crippen molar-refractivity contribution in [1.82, 2.24) is 0 Å². The molecule has 2 aliphatic rings. The van der Waals surface area contributed by atoms with Gasteiger partial charge in [0, 0.05) is 10.2 Å². The average Bonchev–Trinajstić information content (AvgIpc) is 3.04. The molecule has 0 bridgehead atoms. The summed E-state index contributed by atoms with van der Waals surface area (Å²) in [6.07, 6.45) is 4.92. The number of rotatable bonds is 5. The molecule has 1 fully saturated rings. The van der Waals surface area contributed by atoms with E-state index in [-0.39, 0.29) is 29.2 Å². The number of carbonyl (C=O) groups excluding carboxylic acids is 4. The maximum absolute atomic E-state index is 12.7. The van der Waals surface area contributed by atoms with Gasteiger partial charge in [-0.2, -0.15) is 0 Å². The average molecular weight is 483 g/mol. The zero-order chi connectivity index (χ0) is 22.0. The Morgan fingerprint density at radius 1 is 1.00 bits per heavy atom. The first-order valence-electron chi connectivity index (χ1n) is 9.79. The van der Waals surface area contributed by atoms with E-state index in [1.54, 1.807) is 36.4 Å². The van der Waals surface area contributed by atoms with Crippen LogP contribution in [0, 0.1) is 11.8 Å². The summed E-state index contributed by atoms with van der Waals surface area (Å²) in [5.41, 5.74) is 1.06. The van der Waals surface area contributed by atoms with Crippen molar-refractivity contribution >= 4 is 51.0 Å². The van der Waals surface area contributed by atoms with Gasteiger partial charge in [0.05, 0.1) is 23.1 Å². The zero-order valence-corrected chi connectivity index (χ0v) is 18.0. The number of carbonyl (C=O) groups is 4. The zero-order valence-electron chi connectivity index (χ0n) is 16.4.